The molecule has 0 saturated carbocycles. The Morgan fingerprint density at radius 3 is 1.38 bits per heavy atom. The van der Waals surface area contributed by atoms with E-state index in [2.05, 4.69) is 254 Å². The molecule has 11 aromatic carbocycles. The zero-order chi connectivity index (χ0) is 42.2. The van der Waals surface area contributed by atoms with Gasteiger partial charge in [0.1, 0.15) is 0 Å². The Bertz CT molecular complexity index is 3560. The lowest BCUT2D eigenvalue weighted by atomic mass is 9.70. The molecule has 0 aliphatic heterocycles. The van der Waals surface area contributed by atoms with Crippen LogP contribution in [-0.2, 0) is 5.41 Å². The standard InChI is InChI=1S/C63H41N/c1-3-20-42(21-4-1)46-25-9-12-32-55(46)62-48(43-22-5-2-6-23-43)33-19-37-60(62)64(61-40-44-24-7-8-26-47(44)49-27-10-11-31-54(49)61)45-38-39-53-52-30-15-18-36-58(52)63(59(53)41-45)56-34-16-13-28-50(56)51-29-14-17-35-57(51)63/h1-41H. The minimum atomic E-state index is -0.485. The summed E-state index contributed by atoms with van der Waals surface area (Å²) < 4.78 is 0. The molecule has 13 rings (SSSR count). The van der Waals surface area contributed by atoms with E-state index in [1.807, 2.05) is 0 Å². The van der Waals surface area contributed by atoms with Crippen molar-refractivity contribution in [3.05, 3.63) is 271 Å². The third-order valence-corrected chi connectivity index (χ3v) is 13.9. The fourth-order valence-electron chi connectivity index (χ4n) is 11.3. The molecular weight excluding hydrogens is 771 g/mol. The summed E-state index contributed by atoms with van der Waals surface area (Å²) >= 11 is 0. The molecular formula is C63H41N. The minimum Gasteiger partial charge on any atom is -0.309 e. The van der Waals surface area contributed by atoms with Crippen molar-refractivity contribution in [3.63, 3.8) is 0 Å². The van der Waals surface area contributed by atoms with Crippen LogP contribution in [0.15, 0.2) is 249 Å². The van der Waals surface area contributed by atoms with Crippen molar-refractivity contribution in [2.24, 2.45) is 0 Å². The van der Waals surface area contributed by atoms with Crippen LogP contribution in [0.25, 0.3) is 77.2 Å². The lowest BCUT2D eigenvalue weighted by Gasteiger charge is -2.34. The molecule has 0 bridgehead atoms. The number of fused-ring (bicyclic) bond motifs is 13. The Hall–Kier alpha value is -8.26. The van der Waals surface area contributed by atoms with Crippen LogP contribution in [0, 0.1) is 0 Å². The summed E-state index contributed by atoms with van der Waals surface area (Å²) in [7, 11) is 0. The third kappa shape index (κ3) is 5.25. The van der Waals surface area contributed by atoms with Crippen molar-refractivity contribution in [2.75, 3.05) is 4.90 Å². The predicted octanol–water partition coefficient (Wildman–Crippen LogP) is 16.8. The molecule has 0 unspecified atom stereocenters. The quantitative estimate of drug-likeness (QED) is 0.151. The van der Waals surface area contributed by atoms with Crippen molar-refractivity contribution in [3.8, 4) is 55.6 Å². The molecule has 1 nitrogen and oxygen atoms in total. The van der Waals surface area contributed by atoms with Crippen molar-refractivity contribution in [1.29, 1.82) is 0 Å². The maximum absolute atomic E-state index is 2.57. The zero-order valence-electron chi connectivity index (χ0n) is 35.1. The van der Waals surface area contributed by atoms with Crippen LogP contribution in [0.4, 0.5) is 17.1 Å². The van der Waals surface area contributed by atoms with Crippen LogP contribution in [0.1, 0.15) is 22.3 Å². The summed E-state index contributed by atoms with van der Waals surface area (Å²) in [6.07, 6.45) is 0. The lowest BCUT2D eigenvalue weighted by Crippen LogP contribution is -2.26. The van der Waals surface area contributed by atoms with Gasteiger partial charge in [0.15, 0.2) is 0 Å². The van der Waals surface area contributed by atoms with Crippen LogP contribution in [-0.4, -0.2) is 0 Å². The number of nitrogens with zero attached hydrogens (tertiary/aromatic N) is 1. The van der Waals surface area contributed by atoms with Crippen LogP contribution in [0.3, 0.4) is 0 Å². The maximum Gasteiger partial charge on any atom is 0.0726 e. The first kappa shape index (κ1) is 36.4. The summed E-state index contributed by atoms with van der Waals surface area (Å²) in [4.78, 5) is 2.57. The number of hydrogen-bond donors (Lipinski definition) is 0. The lowest BCUT2D eigenvalue weighted by molar-refractivity contribution is 0.793. The van der Waals surface area contributed by atoms with E-state index in [0.29, 0.717) is 0 Å². The van der Waals surface area contributed by atoms with Crippen LogP contribution >= 0.6 is 0 Å². The van der Waals surface area contributed by atoms with E-state index in [-0.39, 0.29) is 0 Å². The van der Waals surface area contributed by atoms with Crippen molar-refractivity contribution in [1.82, 2.24) is 0 Å². The van der Waals surface area contributed by atoms with Gasteiger partial charge in [-0.3, -0.25) is 0 Å². The first-order valence-electron chi connectivity index (χ1n) is 22.3. The van der Waals surface area contributed by atoms with Crippen molar-refractivity contribution >= 4 is 38.6 Å². The fourth-order valence-corrected chi connectivity index (χ4v) is 11.3. The first-order chi connectivity index (χ1) is 31.8. The van der Waals surface area contributed by atoms with Crippen LogP contribution in [0.5, 0.6) is 0 Å². The Balaban J connectivity index is 1.17. The molecule has 0 saturated heterocycles. The van der Waals surface area contributed by atoms with Crippen LogP contribution in [0.2, 0.25) is 0 Å². The Morgan fingerprint density at radius 1 is 0.266 bits per heavy atom. The van der Waals surface area contributed by atoms with Gasteiger partial charge in [0.25, 0.3) is 0 Å². The monoisotopic (exact) mass is 811 g/mol. The number of rotatable bonds is 6. The zero-order valence-corrected chi connectivity index (χ0v) is 35.1. The predicted molar refractivity (Wildman–Crippen MR) is 269 cm³/mol. The molecule has 298 valence electrons. The first-order valence-corrected chi connectivity index (χ1v) is 22.3. The van der Waals surface area contributed by atoms with Crippen LogP contribution < -0.4 is 4.90 Å². The summed E-state index contributed by atoms with van der Waals surface area (Å²) in [5.74, 6) is 0. The maximum atomic E-state index is 2.57. The molecule has 11 aromatic rings. The number of hydrogen-bond acceptors (Lipinski definition) is 1. The summed E-state index contributed by atoms with van der Waals surface area (Å²) in [5.41, 5.74) is 20.5. The van der Waals surface area contributed by atoms with E-state index in [0.717, 1.165) is 17.1 Å². The summed E-state index contributed by atoms with van der Waals surface area (Å²) in [6.45, 7) is 0. The largest absolute Gasteiger partial charge is 0.309 e. The van der Waals surface area contributed by atoms with Gasteiger partial charge in [-0.15, -0.1) is 0 Å². The highest BCUT2D eigenvalue weighted by Gasteiger charge is 2.51. The van der Waals surface area contributed by atoms with Gasteiger partial charge in [-0.1, -0.05) is 224 Å². The van der Waals surface area contributed by atoms with E-state index >= 15 is 0 Å². The second-order valence-electron chi connectivity index (χ2n) is 17.1. The molecule has 0 aromatic heterocycles. The van der Waals surface area contributed by atoms with Gasteiger partial charge in [-0.25, -0.2) is 0 Å². The number of benzene rings is 11. The minimum absolute atomic E-state index is 0.485. The van der Waals surface area contributed by atoms with Gasteiger partial charge in [0, 0.05) is 16.6 Å². The third-order valence-electron chi connectivity index (χ3n) is 13.9. The average molecular weight is 812 g/mol. The summed E-state index contributed by atoms with van der Waals surface area (Å²) in [6, 6.07) is 92.3. The molecule has 64 heavy (non-hydrogen) atoms. The second kappa shape index (κ2) is 14.4. The van der Waals surface area contributed by atoms with Gasteiger partial charge in [0.05, 0.1) is 16.8 Å². The average Bonchev–Trinajstić information content (AvgIpc) is 3.84. The Kier molecular flexibility index (Phi) is 8.20. The van der Waals surface area contributed by atoms with E-state index < -0.39 is 5.41 Å². The van der Waals surface area contributed by atoms with E-state index in [4.69, 9.17) is 0 Å². The molecule has 0 heterocycles. The molecule has 0 amide bonds. The van der Waals surface area contributed by atoms with E-state index in [1.54, 1.807) is 0 Å². The highest BCUT2D eigenvalue weighted by atomic mass is 15.1. The summed E-state index contributed by atoms with van der Waals surface area (Å²) in [5, 5.41) is 4.88. The molecule has 2 aliphatic rings. The van der Waals surface area contributed by atoms with Gasteiger partial charge in [0.2, 0.25) is 0 Å². The molecule has 0 radical (unpaired) electrons. The normalized spacial score (nSPS) is 12.8. The van der Waals surface area contributed by atoms with E-state index in [1.165, 1.54) is 99.4 Å². The molecule has 1 heteroatoms. The molecule has 0 N–H and O–H groups in total. The Labute approximate surface area is 373 Å². The van der Waals surface area contributed by atoms with Gasteiger partial charge in [-0.05, 0) is 113 Å². The SMILES string of the molecule is c1ccc(-c2ccccc2-c2c(-c3ccccc3)cccc2N(c2ccc3c(c2)C2(c4ccccc4-c4ccccc42)c2ccccc2-3)c2cc3ccccc3c3ccccc23)cc1. The fraction of sp³-hybridized carbons (Fsp3) is 0.0159. The molecule has 2 aliphatic carbocycles. The molecule has 0 atom stereocenters. The highest BCUT2D eigenvalue weighted by Crippen LogP contribution is 2.63. The smallest absolute Gasteiger partial charge is 0.0726 e. The topological polar surface area (TPSA) is 3.24 Å². The van der Waals surface area contributed by atoms with Crippen molar-refractivity contribution in [2.45, 2.75) is 5.41 Å². The van der Waals surface area contributed by atoms with E-state index in [9.17, 15) is 0 Å². The second-order valence-corrected chi connectivity index (χ2v) is 17.1. The molecule has 1 spiro atoms. The van der Waals surface area contributed by atoms with Gasteiger partial charge >= 0.3 is 0 Å². The van der Waals surface area contributed by atoms with Gasteiger partial charge in [-0.2, -0.15) is 0 Å². The molecule has 0 fully saturated rings. The van der Waals surface area contributed by atoms with Crippen molar-refractivity contribution < 1.29 is 0 Å². The highest BCUT2D eigenvalue weighted by molar-refractivity contribution is 6.16. The Morgan fingerprint density at radius 2 is 0.734 bits per heavy atom. The van der Waals surface area contributed by atoms with Gasteiger partial charge < -0.3 is 4.90 Å². The number of anilines is 3.